The van der Waals surface area contributed by atoms with Gasteiger partial charge in [-0.15, -0.1) is 0 Å². The van der Waals surface area contributed by atoms with Crippen LogP contribution in [0.15, 0.2) is 24.3 Å². The molecule has 0 bridgehead atoms. The van der Waals surface area contributed by atoms with Crippen LogP contribution in [0.5, 0.6) is 5.75 Å². The highest BCUT2D eigenvalue weighted by Crippen LogP contribution is 2.33. The van der Waals surface area contributed by atoms with Crippen molar-refractivity contribution in [2.24, 2.45) is 5.92 Å². The highest BCUT2D eigenvalue weighted by Gasteiger charge is 2.44. The van der Waals surface area contributed by atoms with Gasteiger partial charge in [0.25, 0.3) is 0 Å². The number of phenols is 1. The number of benzene rings is 1. The fourth-order valence-electron chi connectivity index (χ4n) is 3.90. The van der Waals surface area contributed by atoms with Gasteiger partial charge in [-0.2, -0.15) is 0 Å². The van der Waals surface area contributed by atoms with Crippen LogP contribution in [0.2, 0.25) is 0 Å². The molecule has 3 unspecified atom stereocenters. The standard InChI is InChI=1S/C29H47N3O7/c1-10-19(4)23(31-27(37)39-28(5,6)7)26(36)32(29(8,9)11-2)24(20-13-15-21(33)16-14-20)25(35)30-18-17-22(34)38-12-3/h13-16,19,23-24,33H,10-12,17-18H2,1-9H3,(H,30,35)(H,31,37). The Balaban J connectivity index is 3.56. The average molecular weight is 550 g/mol. The normalized spacial score (nSPS) is 14.0. The molecule has 3 atom stereocenters. The monoisotopic (exact) mass is 549 g/mol. The third-order valence-corrected chi connectivity index (χ3v) is 6.56. The van der Waals surface area contributed by atoms with Crippen molar-refractivity contribution < 1.29 is 33.8 Å². The fraction of sp³-hybridized carbons (Fsp3) is 0.655. The Hall–Kier alpha value is -3.30. The van der Waals surface area contributed by atoms with Crippen molar-refractivity contribution in [3.05, 3.63) is 29.8 Å². The minimum atomic E-state index is -1.11. The molecule has 1 aromatic carbocycles. The number of rotatable bonds is 13. The summed E-state index contributed by atoms with van der Waals surface area (Å²) in [4.78, 5) is 54.1. The van der Waals surface area contributed by atoms with E-state index in [0.717, 1.165) is 0 Å². The summed E-state index contributed by atoms with van der Waals surface area (Å²) in [5.41, 5.74) is -1.11. The van der Waals surface area contributed by atoms with Gasteiger partial charge in [0, 0.05) is 12.1 Å². The van der Waals surface area contributed by atoms with E-state index in [4.69, 9.17) is 9.47 Å². The number of ether oxygens (including phenoxy) is 2. The van der Waals surface area contributed by atoms with Crippen LogP contribution >= 0.6 is 0 Å². The second kappa shape index (κ2) is 14.7. The van der Waals surface area contributed by atoms with Gasteiger partial charge in [0.2, 0.25) is 11.8 Å². The van der Waals surface area contributed by atoms with Crippen LogP contribution in [0.25, 0.3) is 0 Å². The molecule has 0 spiro atoms. The van der Waals surface area contributed by atoms with E-state index in [-0.39, 0.29) is 31.2 Å². The molecular weight excluding hydrogens is 502 g/mol. The summed E-state index contributed by atoms with van der Waals surface area (Å²) in [6.45, 7) is 16.5. The largest absolute Gasteiger partial charge is 0.508 e. The highest BCUT2D eigenvalue weighted by atomic mass is 16.6. The molecule has 1 rings (SSSR count). The number of hydrogen-bond donors (Lipinski definition) is 3. The Morgan fingerprint density at radius 3 is 2.08 bits per heavy atom. The summed E-state index contributed by atoms with van der Waals surface area (Å²) in [7, 11) is 0. The first-order valence-corrected chi connectivity index (χ1v) is 13.6. The third-order valence-electron chi connectivity index (χ3n) is 6.56. The molecule has 0 aliphatic heterocycles. The quantitative estimate of drug-likeness (QED) is 0.309. The average Bonchev–Trinajstić information content (AvgIpc) is 2.84. The molecule has 0 saturated heterocycles. The zero-order valence-electron chi connectivity index (χ0n) is 24.9. The van der Waals surface area contributed by atoms with Crippen molar-refractivity contribution >= 4 is 23.9 Å². The zero-order valence-corrected chi connectivity index (χ0v) is 24.9. The van der Waals surface area contributed by atoms with Crippen molar-refractivity contribution in [1.82, 2.24) is 15.5 Å². The zero-order chi connectivity index (χ0) is 30.0. The van der Waals surface area contributed by atoms with Crippen LogP contribution in [0, 0.1) is 5.92 Å². The van der Waals surface area contributed by atoms with Gasteiger partial charge in [-0.05, 0) is 71.6 Å². The minimum Gasteiger partial charge on any atom is -0.508 e. The maximum absolute atomic E-state index is 14.4. The Bertz CT molecular complexity index is 970. The van der Waals surface area contributed by atoms with Gasteiger partial charge >= 0.3 is 12.1 Å². The van der Waals surface area contributed by atoms with E-state index in [1.54, 1.807) is 39.8 Å². The molecule has 10 heteroatoms. The Labute approximate surface area is 232 Å². The summed E-state index contributed by atoms with van der Waals surface area (Å²) in [5, 5.41) is 15.4. The van der Waals surface area contributed by atoms with Gasteiger partial charge in [0.15, 0.2) is 0 Å². The van der Waals surface area contributed by atoms with Crippen molar-refractivity contribution in [2.75, 3.05) is 13.2 Å². The molecule has 3 amide bonds. The molecule has 0 radical (unpaired) electrons. The molecule has 3 N–H and O–H groups in total. The predicted molar refractivity (Wildman–Crippen MR) is 149 cm³/mol. The minimum absolute atomic E-state index is 0.0110. The molecule has 0 aromatic heterocycles. The molecule has 0 aliphatic carbocycles. The number of carbonyl (C=O) groups excluding carboxylic acids is 4. The number of phenolic OH excluding ortho intramolecular Hbond substituents is 1. The van der Waals surface area contributed by atoms with Gasteiger partial charge in [-0.1, -0.05) is 39.3 Å². The molecule has 0 heterocycles. The number of carbonyl (C=O) groups is 4. The number of esters is 1. The van der Waals surface area contributed by atoms with E-state index in [1.807, 2.05) is 34.6 Å². The summed E-state index contributed by atoms with van der Waals surface area (Å²) >= 11 is 0. The van der Waals surface area contributed by atoms with E-state index >= 15 is 0 Å². The first-order valence-electron chi connectivity index (χ1n) is 13.6. The molecule has 39 heavy (non-hydrogen) atoms. The second-order valence-electron chi connectivity index (χ2n) is 11.2. The van der Waals surface area contributed by atoms with E-state index in [0.29, 0.717) is 18.4 Å². The predicted octanol–water partition coefficient (Wildman–Crippen LogP) is 4.46. The third kappa shape index (κ3) is 10.4. The maximum Gasteiger partial charge on any atom is 0.408 e. The van der Waals surface area contributed by atoms with Gasteiger partial charge in [0.1, 0.15) is 23.4 Å². The van der Waals surface area contributed by atoms with E-state index in [1.165, 1.54) is 17.0 Å². The maximum atomic E-state index is 14.4. The number of nitrogens with one attached hydrogen (secondary N) is 2. The molecule has 0 fully saturated rings. The van der Waals surface area contributed by atoms with Crippen LogP contribution < -0.4 is 10.6 Å². The molecule has 10 nitrogen and oxygen atoms in total. The van der Waals surface area contributed by atoms with E-state index < -0.39 is 47.1 Å². The van der Waals surface area contributed by atoms with Crippen molar-refractivity contribution in [3.8, 4) is 5.75 Å². The van der Waals surface area contributed by atoms with Crippen molar-refractivity contribution in [1.29, 1.82) is 0 Å². The van der Waals surface area contributed by atoms with Crippen LogP contribution in [-0.2, 0) is 23.9 Å². The summed E-state index contributed by atoms with van der Waals surface area (Å²) in [6, 6.07) is 3.97. The van der Waals surface area contributed by atoms with Gasteiger partial charge in [0.05, 0.1) is 13.0 Å². The lowest BCUT2D eigenvalue weighted by Gasteiger charge is -2.45. The highest BCUT2D eigenvalue weighted by molar-refractivity contribution is 5.93. The van der Waals surface area contributed by atoms with Crippen LogP contribution in [0.3, 0.4) is 0 Å². The smallest absolute Gasteiger partial charge is 0.408 e. The first-order chi connectivity index (χ1) is 18.1. The van der Waals surface area contributed by atoms with Crippen LogP contribution in [0.1, 0.15) is 93.2 Å². The number of amides is 3. The van der Waals surface area contributed by atoms with Gasteiger partial charge in [-0.25, -0.2) is 4.79 Å². The SMILES string of the molecule is CCOC(=O)CCNC(=O)C(c1ccc(O)cc1)N(C(=O)C(NC(=O)OC(C)(C)C)C(C)CC)C(C)(C)CC. The summed E-state index contributed by atoms with van der Waals surface area (Å²) in [5.74, 6) is -1.65. The number of nitrogens with zero attached hydrogens (tertiary/aromatic N) is 1. The molecule has 1 aromatic rings. The van der Waals surface area contributed by atoms with E-state index in [9.17, 15) is 24.3 Å². The summed E-state index contributed by atoms with van der Waals surface area (Å²) in [6.07, 6.45) is 0.337. The lowest BCUT2D eigenvalue weighted by atomic mass is 9.89. The Kier molecular flexibility index (Phi) is 12.8. The number of aromatic hydroxyl groups is 1. The molecule has 0 saturated carbocycles. The Morgan fingerprint density at radius 2 is 1.59 bits per heavy atom. The number of hydrogen-bond acceptors (Lipinski definition) is 7. The Morgan fingerprint density at radius 1 is 1.00 bits per heavy atom. The second-order valence-corrected chi connectivity index (χ2v) is 11.2. The topological polar surface area (TPSA) is 134 Å². The lowest BCUT2D eigenvalue weighted by molar-refractivity contribution is -0.150. The molecule has 0 aliphatic rings. The number of alkyl carbamates (subject to hydrolysis) is 1. The first kappa shape index (κ1) is 33.7. The van der Waals surface area contributed by atoms with Gasteiger partial charge < -0.3 is 30.1 Å². The summed E-state index contributed by atoms with van der Waals surface area (Å²) < 4.78 is 10.4. The molecule has 220 valence electrons. The van der Waals surface area contributed by atoms with E-state index in [2.05, 4.69) is 10.6 Å². The van der Waals surface area contributed by atoms with Crippen LogP contribution in [0.4, 0.5) is 4.79 Å². The fourth-order valence-corrected chi connectivity index (χ4v) is 3.90. The van der Waals surface area contributed by atoms with Gasteiger partial charge in [-0.3, -0.25) is 14.4 Å². The van der Waals surface area contributed by atoms with Crippen molar-refractivity contribution in [2.45, 2.75) is 105 Å². The van der Waals surface area contributed by atoms with Crippen LogP contribution in [-0.4, -0.2) is 64.2 Å². The lowest BCUT2D eigenvalue weighted by Crippen LogP contribution is -2.60. The van der Waals surface area contributed by atoms with Crippen molar-refractivity contribution in [3.63, 3.8) is 0 Å². The molecular formula is C29H47N3O7.